The van der Waals surface area contributed by atoms with Crippen molar-refractivity contribution in [1.82, 2.24) is 0 Å². The predicted molar refractivity (Wildman–Crippen MR) is 76.5 cm³/mol. The molecule has 19 heavy (non-hydrogen) atoms. The summed E-state index contributed by atoms with van der Waals surface area (Å²) in [5.74, 6) is 0.526. The molecular formula is C17H23NO. The zero-order valence-corrected chi connectivity index (χ0v) is 11.9. The quantitative estimate of drug-likeness (QED) is 0.889. The molecule has 1 aromatic carbocycles. The highest BCUT2D eigenvalue weighted by Gasteiger charge is 2.42. The number of nitriles is 1. The van der Waals surface area contributed by atoms with Crippen LogP contribution >= 0.6 is 0 Å². The Labute approximate surface area is 116 Å². The third-order valence-electron chi connectivity index (χ3n) is 4.48. The van der Waals surface area contributed by atoms with Gasteiger partial charge in [0, 0.05) is 0 Å². The van der Waals surface area contributed by atoms with Crippen LogP contribution in [0.15, 0.2) is 24.3 Å². The summed E-state index contributed by atoms with van der Waals surface area (Å²) in [6, 6.07) is 10.5. The number of benzene rings is 1. The fraction of sp³-hybridized carbons (Fsp3) is 0.588. The molecule has 0 aliphatic heterocycles. The van der Waals surface area contributed by atoms with Gasteiger partial charge in [-0.05, 0) is 36.3 Å². The zero-order valence-electron chi connectivity index (χ0n) is 11.9. The molecule has 1 aromatic rings. The molecule has 1 aliphatic carbocycles. The van der Waals surface area contributed by atoms with Crippen LogP contribution in [0.5, 0.6) is 0 Å². The molecule has 2 heteroatoms. The Morgan fingerprint density at radius 3 is 2.63 bits per heavy atom. The van der Waals surface area contributed by atoms with Crippen molar-refractivity contribution < 1.29 is 5.11 Å². The first-order chi connectivity index (χ1) is 9.11. The van der Waals surface area contributed by atoms with Gasteiger partial charge in [0.15, 0.2) is 0 Å². The SMILES string of the molecule is CCc1ccc(C(O)C2(C#N)CCCC(C)C2)cc1. The highest BCUT2D eigenvalue weighted by Crippen LogP contribution is 2.47. The smallest absolute Gasteiger partial charge is 0.0976 e. The van der Waals surface area contributed by atoms with E-state index in [1.165, 1.54) is 12.0 Å². The third-order valence-corrected chi connectivity index (χ3v) is 4.48. The Balaban J connectivity index is 2.24. The van der Waals surface area contributed by atoms with Gasteiger partial charge in [0.05, 0.1) is 17.6 Å². The Morgan fingerprint density at radius 2 is 2.11 bits per heavy atom. The van der Waals surface area contributed by atoms with Gasteiger partial charge in [0.1, 0.15) is 0 Å². The van der Waals surface area contributed by atoms with Crippen LogP contribution in [0.4, 0.5) is 0 Å². The Bertz CT molecular complexity index is 459. The van der Waals surface area contributed by atoms with Gasteiger partial charge >= 0.3 is 0 Å². The summed E-state index contributed by atoms with van der Waals surface area (Å²) in [5.41, 5.74) is 1.55. The molecule has 1 aliphatic rings. The van der Waals surface area contributed by atoms with Crippen LogP contribution in [0.2, 0.25) is 0 Å². The molecule has 2 rings (SSSR count). The molecule has 102 valence electrons. The van der Waals surface area contributed by atoms with Crippen LogP contribution in [0, 0.1) is 22.7 Å². The first kappa shape index (κ1) is 14.1. The number of rotatable bonds is 3. The number of nitrogens with zero attached hydrogens (tertiary/aromatic N) is 1. The molecule has 3 unspecified atom stereocenters. The van der Waals surface area contributed by atoms with E-state index in [0.717, 1.165) is 31.2 Å². The van der Waals surface area contributed by atoms with Gasteiger partial charge in [-0.3, -0.25) is 0 Å². The van der Waals surface area contributed by atoms with Crippen LogP contribution in [-0.4, -0.2) is 5.11 Å². The maximum atomic E-state index is 10.7. The second-order valence-electron chi connectivity index (χ2n) is 5.97. The highest BCUT2D eigenvalue weighted by atomic mass is 16.3. The average molecular weight is 257 g/mol. The van der Waals surface area contributed by atoms with Gasteiger partial charge in [-0.2, -0.15) is 5.26 Å². The molecule has 0 saturated heterocycles. The summed E-state index contributed by atoms with van der Waals surface area (Å²) >= 11 is 0. The van der Waals surface area contributed by atoms with E-state index in [4.69, 9.17) is 0 Å². The van der Waals surface area contributed by atoms with Crippen molar-refractivity contribution in [3.05, 3.63) is 35.4 Å². The summed E-state index contributed by atoms with van der Waals surface area (Å²) < 4.78 is 0. The molecular weight excluding hydrogens is 234 g/mol. The second-order valence-corrected chi connectivity index (χ2v) is 5.97. The van der Waals surface area contributed by atoms with E-state index in [0.29, 0.717) is 5.92 Å². The Hall–Kier alpha value is -1.33. The van der Waals surface area contributed by atoms with Gasteiger partial charge in [-0.1, -0.05) is 51.0 Å². The first-order valence-electron chi connectivity index (χ1n) is 7.29. The van der Waals surface area contributed by atoms with Crippen molar-refractivity contribution in [2.45, 2.75) is 52.1 Å². The van der Waals surface area contributed by atoms with Gasteiger partial charge in [-0.25, -0.2) is 0 Å². The van der Waals surface area contributed by atoms with Crippen molar-refractivity contribution in [3.63, 3.8) is 0 Å². The minimum absolute atomic E-state index is 0.526. The molecule has 0 heterocycles. The van der Waals surface area contributed by atoms with Crippen LogP contribution < -0.4 is 0 Å². The monoisotopic (exact) mass is 257 g/mol. The summed E-state index contributed by atoms with van der Waals surface area (Å²) in [6.45, 7) is 4.29. The van der Waals surface area contributed by atoms with Crippen molar-refractivity contribution in [1.29, 1.82) is 5.26 Å². The Morgan fingerprint density at radius 1 is 1.42 bits per heavy atom. The van der Waals surface area contributed by atoms with Crippen molar-refractivity contribution in [2.24, 2.45) is 11.3 Å². The molecule has 0 aromatic heterocycles. The standard InChI is InChI=1S/C17H23NO/c1-3-14-6-8-15(9-7-14)16(19)17(12-18)10-4-5-13(2)11-17/h6-9,13,16,19H,3-5,10-11H2,1-2H3. The molecule has 0 spiro atoms. The minimum Gasteiger partial charge on any atom is -0.387 e. The summed E-state index contributed by atoms with van der Waals surface area (Å²) in [4.78, 5) is 0. The van der Waals surface area contributed by atoms with E-state index in [1.54, 1.807) is 0 Å². The lowest BCUT2D eigenvalue weighted by Gasteiger charge is -2.38. The molecule has 0 amide bonds. The van der Waals surface area contributed by atoms with Gasteiger partial charge in [0.25, 0.3) is 0 Å². The second kappa shape index (κ2) is 5.75. The number of hydrogen-bond acceptors (Lipinski definition) is 2. The van der Waals surface area contributed by atoms with Gasteiger partial charge in [-0.15, -0.1) is 0 Å². The van der Waals surface area contributed by atoms with Gasteiger partial charge in [0.2, 0.25) is 0 Å². The summed E-state index contributed by atoms with van der Waals surface area (Å²) in [6.07, 6.45) is 4.16. The number of hydrogen-bond donors (Lipinski definition) is 1. The van der Waals surface area contributed by atoms with Crippen LogP contribution in [0.25, 0.3) is 0 Å². The molecule has 0 radical (unpaired) electrons. The van der Waals surface area contributed by atoms with Crippen molar-refractivity contribution in [3.8, 4) is 6.07 Å². The molecule has 0 bridgehead atoms. The first-order valence-corrected chi connectivity index (χ1v) is 7.29. The minimum atomic E-state index is -0.661. The van der Waals surface area contributed by atoms with E-state index in [9.17, 15) is 10.4 Å². The summed E-state index contributed by atoms with van der Waals surface area (Å²) in [7, 11) is 0. The van der Waals surface area contributed by atoms with Crippen LogP contribution in [0.1, 0.15) is 56.8 Å². The van der Waals surface area contributed by atoms with E-state index >= 15 is 0 Å². The maximum Gasteiger partial charge on any atom is 0.0976 e. The number of aryl methyl sites for hydroxylation is 1. The summed E-state index contributed by atoms with van der Waals surface area (Å²) in [5, 5.41) is 20.2. The van der Waals surface area contributed by atoms with E-state index in [1.807, 2.05) is 12.1 Å². The van der Waals surface area contributed by atoms with Crippen molar-refractivity contribution >= 4 is 0 Å². The van der Waals surface area contributed by atoms with E-state index in [2.05, 4.69) is 32.0 Å². The fourth-order valence-corrected chi connectivity index (χ4v) is 3.26. The molecule has 2 nitrogen and oxygen atoms in total. The predicted octanol–water partition coefficient (Wildman–Crippen LogP) is 4.00. The number of aliphatic hydroxyl groups is 1. The van der Waals surface area contributed by atoms with Gasteiger partial charge < -0.3 is 5.11 Å². The number of aliphatic hydroxyl groups excluding tert-OH is 1. The largest absolute Gasteiger partial charge is 0.387 e. The highest BCUT2D eigenvalue weighted by molar-refractivity contribution is 5.27. The average Bonchev–Trinajstić information content (AvgIpc) is 2.46. The van der Waals surface area contributed by atoms with E-state index in [-0.39, 0.29) is 0 Å². The molecule has 1 N–H and O–H groups in total. The topological polar surface area (TPSA) is 44.0 Å². The van der Waals surface area contributed by atoms with Crippen molar-refractivity contribution in [2.75, 3.05) is 0 Å². The van der Waals surface area contributed by atoms with Crippen LogP contribution in [-0.2, 0) is 6.42 Å². The van der Waals surface area contributed by atoms with Crippen LogP contribution in [0.3, 0.4) is 0 Å². The fourth-order valence-electron chi connectivity index (χ4n) is 3.26. The lowest BCUT2D eigenvalue weighted by molar-refractivity contribution is 0.0219. The normalized spacial score (nSPS) is 28.6. The zero-order chi connectivity index (χ0) is 13.9. The maximum absolute atomic E-state index is 10.7. The molecule has 1 fully saturated rings. The lowest BCUT2D eigenvalue weighted by atomic mass is 9.66. The molecule has 1 saturated carbocycles. The third kappa shape index (κ3) is 2.82. The Kier molecular flexibility index (Phi) is 4.27. The van der Waals surface area contributed by atoms with E-state index < -0.39 is 11.5 Å². The lowest BCUT2D eigenvalue weighted by Crippen LogP contribution is -2.32. The molecule has 3 atom stereocenters.